The van der Waals surface area contributed by atoms with Gasteiger partial charge in [-0.15, -0.1) is 0 Å². The molecule has 0 bridgehead atoms. The van der Waals surface area contributed by atoms with Crippen LogP contribution in [0.4, 0.5) is 13.2 Å². The van der Waals surface area contributed by atoms with Gasteiger partial charge < -0.3 is 4.43 Å². The second-order valence-electron chi connectivity index (χ2n) is 14.4. The molecule has 1 aromatic carbocycles. The average molecular weight is 614 g/mol. The minimum absolute atomic E-state index is 0.00655. The summed E-state index contributed by atoms with van der Waals surface area (Å²) in [4.78, 5) is 19.9. The average Bonchev–Trinajstić information content (AvgIpc) is 3.60. The van der Waals surface area contributed by atoms with E-state index < -0.39 is 20.1 Å². The Labute approximate surface area is 253 Å². The highest BCUT2D eigenvalue weighted by atomic mass is 32.1. The van der Waals surface area contributed by atoms with Crippen molar-refractivity contribution in [3.05, 3.63) is 74.7 Å². The summed E-state index contributed by atoms with van der Waals surface area (Å²) >= 11 is 1.57. The first-order valence-electron chi connectivity index (χ1n) is 15.0. The third kappa shape index (κ3) is 6.04. The van der Waals surface area contributed by atoms with Crippen LogP contribution in [0, 0.1) is 5.41 Å². The molecule has 8 heteroatoms. The van der Waals surface area contributed by atoms with Gasteiger partial charge in [-0.05, 0) is 83.8 Å². The number of pyridine rings is 1. The maximum atomic E-state index is 14.5. The summed E-state index contributed by atoms with van der Waals surface area (Å²) in [5.41, 5.74) is 4.62. The van der Waals surface area contributed by atoms with Crippen LogP contribution >= 0.6 is 11.3 Å². The largest absolute Gasteiger partial charge is 0.416 e. The number of hydrogen-bond acceptors (Lipinski definition) is 4. The Morgan fingerprint density at radius 2 is 1.69 bits per heavy atom. The summed E-state index contributed by atoms with van der Waals surface area (Å²) in [6.07, 6.45) is 0.955. The molecule has 3 nitrogen and oxygen atoms in total. The Hall–Kier alpha value is -2.29. The Morgan fingerprint density at radius 3 is 2.24 bits per heavy atom. The number of alkyl halides is 3. The molecule has 2 heterocycles. The number of ketones is 1. The van der Waals surface area contributed by atoms with Crippen molar-refractivity contribution in [3.8, 4) is 11.1 Å². The number of thiophene rings is 1. The molecule has 0 unspecified atom stereocenters. The molecular formula is C34H42F3NO2SSi. The molecule has 0 radical (unpaired) electrons. The lowest BCUT2D eigenvalue weighted by molar-refractivity contribution is -0.137. The van der Waals surface area contributed by atoms with Crippen molar-refractivity contribution >= 4 is 25.4 Å². The first kappa shape index (κ1) is 31.1. The first-order chi connectivity index (χ1) is 19.5. The molecule has 0 amide bonds. The van der Waals surface area contributed by atoms with E-state index in [-0.39, 0.29) is 33.8 Å². The van der Waals surface area contributed by atoms with Gasteiger partial charge in [0.1, 0.15) is 0 Å². The van der Waals surface area contributed by atoms with Crippen molar-refractivity contribution in [2.75, 3.05) is 0 Å². The SMILES string of the molecule is CC1(C)Cc2nc(C3CCCC3)c(C(=O)c3ccc(C(F)(F)F)cc3)c(-c3ccsc3)c2[C@@H](O[Si](C)(C)C(C)(C)C)C1. The fourth-order valence-corrected chi connectivity index (χ4v) is 8.21. The van der Waals surface area contributed by atoms with Crippen LogP contribution in [0.15, 0.2) is 41.1 Å². The van der Waals surface area contributed by atoms with Crippen molar-refractivity contribution in [1.82, 2.24) is 4.98 Å². The van der Waals surface area contributed by atoms with Crippen molar-refractivity contribution in [2.24, 2.45) is 5.41 Å². The van der Waals surface area contributed by atoms with Crippen LogP contribution in [-0.4, -0.2) is 19.1 Å². The van der Waals surface area contributed by atoms with E-state index in [1.54, 1.807) is 11.3 Å². The van der Waals surface area contributed by atoms with Crippen molar-refractivity contribution < 1.29 is 22.4 Å². The van der Waals surface area contributed by atoms with Crippen LogP contribution in [0.3, 0.4) is 0 Å². The molecule has 2 aliphatic rings. The normalized spacial score (nSPS) is 19.6. The van der Waals surface area contributed by atoms with Gasteiger partial charge in [0, 0.05) is 28.3 Å². The highest BCUT2D eigenvalue weighted by Crippen LogP contribution is 2.52. The number of carbonyl (C=O) groups is 1. The van der Waals surface area contributed by atoms with E-state index >= 15 is 0 Å². The summed E-state index contributed by atoms with van der Waals surface area (Å²) in [6, 6.07) is 6.68. The van der Waals surface area contributed by atoms with Gasteiger partial charge in [0.2, 0.25) is 0 Å². The Bertz CT molecular complexity index is 1450. The predicted octanol–water partition coefficient (Wildman–Crippen LogP) is 10.8. The lowest BCUT2D eigenvalue weighted by Gasteiger charge is -2.45. The van der Waals surface area contributed by atoms with E-state index in [9.17, 15) is 18.0 Å². The lowest BCUT2D eigenvalue weighted by atomic mass is 9.71. The van der Waals surface area contributed by atoms with Gasteiger partial charge in [-0.25, -0.2) is 0 Å². The van der Waals surface area contributed by atoms with E-state index in [2.05, 4.69) is 53.1 Å². The van der Waals surface area contributed by atoms with Gasteiger partial charge in [0.05, 0.1) is 22.9 Å². The molecule has 0 aliphatic heterocycles. The third-order valence-electron chi connectivity index (χ3n) is 9.54. The van der Waals surface area contributed by atoms with E-state index in [1.807, 2.05) is 11.4 Å². The van der Waals surface area contributed by atoms with Crippen LogP contribution in [0.1, 0.15) is 117 Å². The number of carbonyl (C=O) groups excluding carboxylic acids is 1. The van der Waals surface area contributed by atoms with Crippen LogP contribution in [0.2, 0.25) is 18.1 Å². The van der Waals surface area contributed by atoms with Gasteiger partial charge >= 0.3 is 6.18 Å². The van der Waals surface area contributed by atoms with Crippen molar-refractivity contribution in [2.45, 2.75) is 109 Å². The number of hydrogen-bond donors (Lipinski definition) is 0. The minimum Gasteiger partial charge on any atom is -0.410 e. The molecule has 0 spiro atoms. The van der Waals surface area contributed by atoms with Gasteiger partial charge in [-0.1, -0.05) is 59.6 Å². The second kappa shape index (κ2) is 11.0. The number of fused-ring (bicyclic) bond motifs is 1. The standard InChI is InChI=1S/C34H42F3NO2SSi/c1-32(2,3)42(6,7)40-26-19-33(4,5)18-25-28(26)27(23-16-17-41-20-23)29(30(38-25)21-10-8-9-11-21)31(39)22-12-14-24(15-13-22)34(35,36)37/h12-17,20-21,26H,8-11,18-19H2,1-7H3/t26-/m0/s1. The molecule has 1 atom stereocenters. The Kier molecular flexibility index (Phi) is 8.16. The van der Waals surface area contributed by atoms with E-state index in [0.29, 0.717) is 5.56 Å². The molecule has 0 saturated heterocycles. The number of nitrogens with zero attached hydrogens (tertiary/aromatic N) is 1. The van der Waals surface area contributed by atoms with Crippen molar-refractivity contribution in [1.29, 1.82) is 0 Å². The zero-order valence-corrected chi connectivity index (χ0v) is 27.6. The quantitative estimate of drug-likeness (QED) is 0.205. The fraction of sp³-hybridized carbons (Fsp3) is 0.529. The van der Waals surface area contributed by atoms with E-state index in [1.165, 1.54) is 12.1 Å². The predicted molar refractivity (Wildman–Crippen MR) is 167 cm³/mol. The van der Waals surface area contributed by atoms with Gasteiger partial charge in [-0.2, -0.15) is 24.5 Å². The number of benzene rings is 1. The van der Waals surface area contributed by atoms with E-state index in [0.717, 1.165) is 78.7 Å². The molecule has 2 aromatic heterocycles. The molecule has 1 saturated carbocycles. The smallest absolute Gasteiger partial charge is 0.410 e. The summed E-state index contributed by atoms with van der Waals surface area (Å²) in [6.45, 7) is 15.7. The first-order valence-corrected chi connectivity index (χ1v) is 18.8. The van der Waals surface area contributed by atoms with Crippen LogP contribution in [-0.2, 0) is 17.0 Å². The molecule has 5 rings (SSSR count). The van der Waals surface area contributed by atoms with Gasteiger partial charge in [-0.3, -0.25) is 9.78 Å². The van der Waals surface area contributed by atoms with Crippen LogP contribution in [0.5, 0.6) is 0 Å². The lowest BCUT2D eigenvalue weighted by Crippen LogP contribution is -2.44. The maximum Gasteiger partial charge on any atom is 0.416 e. The zero-order chi connectivity index (χ0) is 30.7. The highest BCUT2D eigenvalue weighted by molar-refractivity contribution is 7.08. The molecule has 2 aliphatic carbocycles. The molecular weight excluding hydrogens is 572 g/mol. The summed E-state index contributed by atoms with van der Waals surface area (Å²) < 4.78 is 47.3. The molecule has 226 valence electrons. The Balaban J connectivity index is 1.78. The van der Waals surface area contributed by atoms with Crippen molar-refractivity contribution in [3.63, 3.8) is 0 Å². The highest BCUT2D eigenvalue weighted by Gasteiger charge is 2.45. The maximum absolute atomic E-state index is 14.5. The molecule has 3 aromatic rings. The third-order valence-corrected chi connectivity index (χ3v) is 14.7. The zero-order valence-electron chi connectivity index (χ0n) is 25.7. The number of halogens is 3. The summed E-state index contributed by atoms with van der Waals surface area (Å²) in [5.74, 6) is -0.121. The van der Waals surface area contributed by atoms with Gasteiger partial charge in [0.15, 0.2) is 14.1 Å². The van der Waals surface area contributed by atoms with Crippen LogP contribution in [0.25, 0.3) is 11.1 Å². The molecule has 1 fully saturated rings. The summed E-state index contributed by atoms with van der Waals surface area (Å²) in [7, 11) is -2.22. The molecule has 0 N–H and O–H groups in total. The number of aromatic nitrogens is 1. The number of rotatable bonds is 6. The van der Waals surface area contributed by atoms with Gasteiger partial charge in [0.25, 0.3) is 0 Å². The minimum atomic E-state index is -4.47. The topological polar surface area (TPSA) is 39.2 Å². The second-order valence-corrected chi connectivity index (χ2v) is 20.0. The summed E-state index contributed by atoms with van der Waals surface area (Å²) in [5, 5.41) is 4.08. The monoisotopic (exact) mass is 613 g/mol. The van der Waals surface area contributed by atoms with Crippen LogP contribution < -0.4 is 0 Å². The fourth-order valence-electron chi connectivity index (χ4n) is 6.30. The Morgan fingerprint density at radius 1 is 1.05 bits per heavy atom. The van der Waals surface area contributed by atoms with E-state index in [4.69, 9.17) is 9.41 Å². The molecule has 42 heavy (non-hydrogen) atoms.